The Labute approximate surface area is 60.2 Å². The standard InChI is InChI=1S/C6H14FNS/c1-6(8)2-4-9-5-3-7/h6H,2-5,8H2,1H3. The minimum Gasteiger partial charge on any atom is -0.328 e. The summed E-state index contributed by atoms with van der Waals surface area (Å²) in [4.78, 5) is 0. The fraction of sp³-hybridized carbons (Fsp3) is 1.00. The zero-order valence-corrected chi connectivity index (χ0v) is 6.59. The first-order chi connectivity index (χ1) is 4.27. The Kier molecular flexibility index (Phi) is 6.53. The first-order valence-electron chi connectivity index (χ1n) is 3.16. The lowest BCUT2D eigenvalue weighted by atomic mass is 10.3. The van der Waals surface area contributed by atoms with Crippen LogP contribution >= 0.6 is 11.8 Å². The molecular formula is C6H14FNS. The van der Waals surface area contributed by atoms with Crippen molar-refractivity contribution in [3.63, 3.8) is 0 Å². The number of hydrogen-bond donors (Lipinski definition) is 1. The van der Waals surface area contributed by atoms with Crippen molar-refractivity contribution in [2.75, 3.05) is 18.2 Å². The molecule has 0 aromatic heterocycles. The van der Waals surface area contributed by atoms with Crippen molar-refractivity contribution < 1.29 is 4.39 Å². The van der Waals surface area contributed by atoms with Crippen LogP contribution < -0.4 is 5.73 Å². The summed E-state index contributed by atoms with van der Waals surface area (Å²) in [6, 6.07) is 0.261. The van der Waals surface area contributed by atoms with E-state index in [0.29, 0.717) is 5.75 Å². The fourth-order valence-corrected chi connectivity index (χ4v) is 1.28. The van der Waals surface area contributed by atoms with Crippen LogP contribution in [0.3, 0.4) is 0 Å². The maximum absolute atomic E-state index is 11.5. The van der Waals surface area contributed by atoms with Crippen LogP contribution in [-0.4, -0.2) is 24.2 Å². The van der Waals surface area contributed by atoms with Crippen LogP contribution in [0.15, 0.2) is 0 Å². The summed E-state index contributed by atoms with van der Waals surface area (Å²) in [5, 5.41) is 0. The molecule has 0 bridgehead atoms. The fourth-order valence-electron chi connectivity index (χ4n) is 0.426. The van der Waals surface area contributed by atoms with Crippen LogP contribution in [0.1, 0.15) is 13.3 Å². The average Bonchev–Trinajstić information content (AvgIpc) is 1.80. The number of hydrogen-bond acceptors (Lipinski definition) is 2. The van der Waals surface area contributed by atoms with Crippen molar-refractivity contribution in [1.82, 2.24) is 0 Å². The molecule has 0 heterocycles. The molecule has 0 aliphatic heterocycles. The third-order valence-electron chi connectivity index (χ3n) is 0.939. The molecular weight excluding hydrogens is 137 g/mol. The summed E-state index contributed by atoms with van der Waals surface area (Å²) in [5.41, 5.74) is 5.47. The maximum atomic E-state index is 11.5. The minimum atomic E-state index is -0.219. The van der Waals surface area contributed by atoms with Gasteiger partial charge in [0.1, 0.15) is 0 Å². The van der Waals surface area contributed by atoms with Gasteiger partial charge in [-0.1, -0.05) is 0 Å². The summed E-state index contributed by atoms with van der Waals surface area (Å²) < 4.78 is 11.5. The van der Waals surface area contributed by atoms with Gasteiger partial charge >= 0.3 is 0 Å². The van der Waals surface area contributed by atoms with Gasteiger partial charge in [0.05, 0.1) is 6.67 Å². The molecule has 3 heteroatoms. The lowest BCUT2D eigenvalue weighted by molar-refractivity contribution is 0.532. The summed E-state index contributed by atoms with van der Waals surface area (Å²) in [7, 11) is 0. The lowest BCUT2D eigenvalue weighted by Gasteiger charge is -2.01. The van der Waals surface area contributed by atoms with Crippen LogP contribution in [0.5, 0.6) is 0 Å². The van der Waals surface area contributed by atoms with Crippen molar-refractivity contribution in [2.45, 2.75) is 19.4 Å². The molecule has 0 aliphatic rings. The van der Waals surface area contributed by atoms with Crippen LogP contribution in [0.25, 0.3) is 0 Å². The zero-order valence-electron chi connectivity index (χ0n) is 5.77. The largest absolute Gasteiger partial charge is 0.328 e. The summed E-state index contributed by atoms with van der Waals surface area (Å²) in [6.45, 7) is 1.75. The smallest absolute Gasteiger partial charge is 0.0984 e. The number of rotatable bonds is 5. The van der Waals surface area contributed by atoms with Crippen molar-refractivity contribution in [3.05, 3.63) is 0 Å². The lowest BCUT2D eigenvalue weighted by Crippen LogP contribution is -2.15. The van der Waals surface area contributed by atoms with Gasteiger partial charge in [-0.05, 0) is 19.1 Å². The Balaban J connectivity index is 2.75. The van der Waals surface area contributed by atoms with Gasteiger partial charge in [-0.25, -0.2) is 0 Å². The van der Waals surface area contributed by atoms with Gasteiger partial charge < -0.3 is 5.73 Å². The molecule has 0 fully saturated rings. The monoisotopic (exact) mass is 151 g/mol. The van der Waals surface area contributed by atoms with Gasteiger partial charge in [0.15, 0.2) is 0 Å². The maximum Gasteiger partial charge on any atom is 0.0984 e. The zero-order chi connectivity index (χ0) is 7.11. The molecule has 0 aromatic rings. The Morgan fingerprint density at radius 3 is 2.67 bits per heavy atom. The second kappa shape index (κ2) is 6.36. The van der Waals surface area contributed by atoms with E-state index in [9.17, 15) is 4.39 Å². The third kappa shape index (κ3) is 8.24. The second-order valence-corrected chi connectivity index (χ2v) is 3.29. The molecule has 9 heavy (non-hydrogen) atoms. The number of alkyl halides is 1. The Morgan fingerprint density at radius 1 is 1.56 bits per heavy atom. The highest BCUT2D eigenvalue weighted by atomic mass is 32.2. The number of halogens is 1. The second-order valence-electron chi connectivity index (χ2n) is 2.07. The van der Waals surface area contributed by atoms with E-state index in [1.54, 1.807) is 11.8 Å². The van der Waals surface area contributed by atoms with Crippen molar-refractivity contribution in [3.8, 4) is 0 Å². The van der Waals surface area contributed by atoms with Crippen LogP contribution in [0.4, 0.5) is 4.39 Å². The third-order valence-corrected chi connectivity index (χ3v) is 1.91. The molecule has 1 nitrogen and oxygen atoms in total. The molecule has 2 N–H and O–H groups in total. The van der Waals surface area contributed by atoms with Gasteiger partial charge in [0.25, 0.3) is 0 Å². The van der Waals surface area contributed by atoms with E-state index >= 15 is 0 Å². The minimum absolute atomic E-state index is 0.219. The average molecular weight is 151 g/mol. The molecule has 0 saturated carbocycles. The van der Waals surface area contributed by atoms with Crippen LogP contribution in [0.2, 0.25) is 0 Å². The number of thioether (sulfide) groups is 1. The molecule has 0 radical (unpaired) electrons. The number of nitrogens with two attached hydrogens (primary N) is 1. The van der Waals surface area contributed by atoms with E-state index in [2.05, 4.69) is 0 Å². The summed E-state index contributed by atoms with van der Waals surface area (Å²) >= 11 is 1.63. The highest BCUT2D eigenvalue weighted by Crippen LogP contribution is 2.02. The first kappa shape index (κ1) is 9.24. The highest BCUT2D eigenvalue weighted by Gasteiger charge is 1.92. The molecule has 1 unspecified atom stereocenters. The Morgan fingerprint density at radius 2 is 2.22 bits per heavy atom. The summed E-state index contributed by atoms with van der Waals surface area (Å²) in [5.74, 6) is 1.61. The topological polar surface area (TPSA) is 26.0 Å². The van der Waals surface area contributed by atoms with E-state index in [4.69, 9.17) is 5.73 Å². The SMILES string of the molecule is CC(N)CCSCCF. The first-order valence-corrected chi connectivity index (χ1v) is 4.32. The van der Waals surface area contributed by atoms with Gasteiger partial charge in [-0.15, -0.1) is 0 Å². The van der Waals surface area contributed by atoms with Crippen molar-refractivity contribution in [2.24, 2.45) is 5.73 Å². The predicted octanol–water partition coefficient (Wildman–Crippen LogP) is 1.43. The highest BCUT2D eigenvalue weighted by molar-refractivity contribution is 7.99. The normalized spacial score (nSPS) is 13.7. The predicted molar refractivity (Wildman–Crippen MR) is 41.6 cm³/mol. The quantitative estimate of drug-likeness (QED) is 0.601. The van der Waals surface area contributed by atoms with Gasteiger partial charge in [-0.2, -0.15) is 11.8 Å². The van der Waals surface area contributed by atoms with E-state index in [1.807, 2.05) is 6.92 Å². The molecule has 0 aliphatic carbocycles. The van der Waals surface area contributed by atoms with E-state index < -0.39 is 0 Å². The van der Waals surface area contributed by atoms with Gasteiger partial charge in [0, 0.05) is 11.8 Å². The van der Waals surface area contributed by atoms with Crippen molar-refractivity contribution >= 4 is 11.8 Å². The van der Waals surface area contributed by atoms with Crippen LogP contribution in [-0.2, 0) is 0 Å². The Bertz CT molecular complexity index is 59.0. The summed E-state index contributed by atoms with van der Waals surface area (Å²) in [6.07, 6.45) is 0.991. The molecule has 0 spiro atoms. The molecule has 0 aromatic carbocycles. The molecule has 0 amide bonds. The molecule has 0 rings (SSSR count). The molecule has 0 saturated heterocycles. The molecule has 1 atom stereocenters. The van der Waals surface area contributed by atoms with E-state index in [-0.39, 0.29) is 12.7 Å². The van der Waals surface area contributed by atoms with Gasteiger partial charge in [-0.3, -0.25) is 4.39 Å². The van der Waals surface area contributed by atoms with Crippen molar-refractivity contribution in [1.29, 1.82) is 0 Å². The van der Waals surface area contributed by atoms with E-state index in [1.165, 1.54) is 0 Å². The van der Waals surface area contributed by atoms with E-state index in [0.717, 1.165) is 12.2 Å². The molecule has 56 valence electrons. The van der Waals surface area contributed by atoms with Crippen LogP contribution in [0, 0.1) is 0 Å². The Hall–Kier alpha value is 0.240. The van der Waals surface area contributed by atoms with Gasteiger partial charge in [0.2, 0.25) is 0 Å².